The van der Waals surface area contributed by atoms with E-state index >= 15 is 0 Å². The van der Waals surface area contributed by atoms with Gasteiger partial charge in [0.2, 0.25) is 0 Å². The van der Waals surface area contributed by atoms with Gasteiger partial charge in [0, 0.05) is 18.9 Å². The van der Waals surface area contributed by atoms with E-state index < -0.39 is 0 Å². The molecule has 0 saturated heterocycles. The Balaban J connectivity index is 2.81. The fraction of sp³-hybridized carbons (Fsp3) is 0.286. The van der Waals surface area contributed by atoms with Crippen LogP contribution in [0.1, 0.15) is 0 Å². The lowest BCUT2D eigenvalue weighted by molar-refractivity contribution is 0.311. The predicted molar refractivity (Wildman–Crippen MR) is 55.2 cm³/mol. The Labute approximate surface area is 87.5 Å². The summed E-state index contributed by atoms with van der Waals surface area (Å²) in [5.74, 6) is 0. The van der Waals surface area contributed by atoms with Crippen LogP contribution in [0.3, 0.4) is 0 Å². The molecule has 0 fully saturated rings. The summed E-state index contributed by atoms with van der Waals surface area (Å²) < 4.78 is 1.76. The molecule has 0 aliphatic carbocycles. The van der Waals surface area contributed by atoms with Crippen molar-refractivity contribution >= 4 is 37.5 Å². The van der Waals surface area contributed by atoms with Gasteiger partial charge in [0.05, 0.1) is 21.2 Å². The molecule has 0 aliphatic rings. The zero-order valence-electron chi connectivity index (χ0n) is 6.22. The van der Waals surface area contributed by atoms with Crippen LogP contribution in [0.25, 0.3) is 0 Å². The molecule has 66 valence electrons. The highest BCUT2D eigenvalue weighted by Gasteiger charge is 2.02. The normalized spacial score (nSPS) is 9.92. The molecular formula is C7H8Br2N2O. The lowest BCUT2D eigenvalue weighted by Crippen LogP contribution is -2.06. The maximum absolute atomic E-state index is 8.60. The standard InChI is InChI=1S/C7H8Br2N2O/c8-5-3-10-4-6(9)7(5)11-1-2-12/h3-4,12H,1-2H2,(H,10,11). The molecule has 0 aliphatic heterocycles. The first kappa shape index (κ1) is 9.95. The molecule has 0 spiro atoms. The lowest BCUT2D eigenvalue weighted by atomic mass is 10.4. The van der Waals surface area contributed by atoms with Crippen molar-refractivity contribution in [1.82, 2.24) is 4.98 Å². The highest BCUT2D eigenvalue weighted by molar-refractivity contribution is 9.11. The van der Waals surface area contributed by atoms with Crippen LogP contribution in [-0.4, -0.2) is 23.2 Å². The first-order valence-corrected chi connectivity index (χ1v) is 4.98. The van der Waals surface area contributed by atoms with Crippen molar-refractivity contribution in [1.29, 1.82) is 0 Å². The van der Waals surface area contributed by atoms with E-state index in [2.05, 4.69) is 42.2 Å². The minimum Gasteiger partial charge on any atom is -0.395 e. The van der Waals surface area contributed by atoms with E-state index in [1.165, 1.54) is 0 Å². The van der Waals surface area contributed by atoms with E-state index in [1.807, 2.05) is 0 Å². The van der Waals surface area contributed by atoms with Crippen LogP contribution in [0.4, 0.5) is 5.69 Å². The summed E-state index contributed by atoms with van der Waals surface area (Å²) in [5.41, 5.74) is 0.916. The third kappa shape index (κ3) is 2.43. The quantitative estimate of drug-likeness (QED) is 0.897. The summed E-state index contributed by atoms with van der Waals surface area (Å²) in [6.07, 6.45) is 3.40. The van der Waals surface area contributed by atoms with Crippen LogP contribution >= 0.6 is 31.9 Å². The summed E-state index contributed by atoms with van der Waals surface area (Å²) in [6.45, 7) is 0.641. The smallest absolute Gasteiger partial charge is 0.0661 e. The molecule has 0 saturated carbocycles. The van der Waals surface area contributed by atoms with Crippen molar-refractivity contribution in [3.8, 4) is 0 Å². The first-order chi connectivity index (χ1) is 5.75. The van der Waals surface area contributed by atoms with Crippen LogP contribution in [0, 0.1) is 0 Å². The third-order valence-corrected chi connectivity index (χ3v) is 2.47. The van der Waals surface area contributed by atoms with E-state index in [0.717, 1.165) is 14.6 Å². The Bertz CT molecular complexity index is 247. The average Bonchev–Trinajstić information content (AvgIpc) is 2.04. The van der Waals surface area contributed by atoms with Crippen molar-refractivity contribution in [2.75, 3.05) is 18.5 Å². The third-order valence-electron chi connectivity index (χ3n) is 1.27. The highest BCUT2D eigenvalue weighted by Crippen LogP contribution is 2.28. The van der Waals surface area contributed by atoms with Gasteiger partial charge in [-0.05, 0) is 31.9 Å². The second kappa shape index (κ2) is 4.79. The van der Waals surface area contributed by atoms with Gasteiger partial charge >= 0.3 is 0 Å². The molecule has 1 aromatic heterocycles. The molecule has 3 nitrogen and oxygen atoms in total. The van der Waals surface area contributed by atoms with Gasteiger partial charge in [-0.15, -0.1) is 0 Å². The summed E-state index contributed by atoms with van der Waals surface area (Å²) in [6, 6.07) is 0. The average molecular weight is 296 g/mol. The molecule has 2 N–H and O–H groups in total. The number of anilines is 1. The Kier molecular flexibility index (Phi) is 3.97. The molecular weight excluding hydrogens is 288 g/mol. The van der Waals surface area contributed by atoms with Crippen molar-refractivity contribution < 1.29 is 5.11 Å². The monoisotopic (exact) mass is 294 g/mol. The number of pyridine rings is 1. The number of nitrogens with zero attached hydrogens (tertiary/aromatic N) is 1. The number of nitrogens with one attached hydrogen (secondary N) is 1. The number of aliphatic hydroxyl groups excluding tert-OH is 1. The molecule has 0 amide bonds. The number of halogens is 2. The van der Waals surface area contributed by atoms with Crippen LogP contribution in [0.2, 0.25) is 0 Å². The van der Waals surface area contributed by atoms with Crippen molar-refractivity contribution in [3.63, 3.8) is 0 Å². The zero-order valence-corrected chi connectivity index (χ0v) is 9.39. The Morgan fingerprint density at radius 1 is 1.33 bits per heavy atom. The first-order valence-electron chi connectivity index (χ1n) is 3.39. The van der Waals surface area contributed by atoms with E-state index in [9.17, 15) is 0 Å². The van der Waals surface area contributed by atoms with Gasteiger partial charge in [-0.25, -0.2) is 0 Å². The number of aromatic nitrogens is 1. The molecule has 1 rings (SSSR count). The number of hydrogen-bond acceptors (Lipinski definition) is 3. The fourth-order valence-electron chi connectivity index (χ4n) is 0.761. The summed E-state index contributed by atoms with van der Waals surface area (Å²) in [5, 5.41) is 11.6. The summed E-state index contributed by atoms with van der Waals surface area (Å²) in [4.78, 5) is 3.96. The van der Waals surface area contributed by atoms with Gasteiger partial charge in [-0.1, -0.05) is 0 Å². The van der Waals surface area contributed by atoms with E-state index in [0.29, 0.717) is 6.54 Å². The second-order valence-corrected chi connectivity index (χ2v) is 3.84. The van der Waals surface area contributed by atoms with Gasteiger partial charge in [0.1, 0.15) is 0 Å². The summed E-state index contributed by atoms with van der Waals surface area (Å²) >= 11 is 6.68. The SMILES string of the molecule is OCCNc1c(Br)cncc1Br. The van der Waals surface area contributed by atoms with Gasteiger partial charge in [0.15, 0.2) is 0 Å². The van der Waals surface area contributed by atoms with Gasteiger partial charge in [-0.3, -0.25) is 4.98 Å². The molecule has 1 heterocycles. The Hall–Kier alpha value is -0.130. The minimum absolute atomic E-state index is 0.112. The molecule has 0 unspecified atom stereocenters. The molecule has 5 heteroatoms. The highest BCUT2D eigenvalue weighted by atomic mass is 79.9. The van der Waals surface area contributed by atoms with E-state index in [-0.39, 0.29) is 6.61 Å². The van der Waals surface area contributed by atoms with Crippen molar-refractivity contribution in [2.45, 2.75) is 0 Å². The largest absolute Gasteiger partial charge is 0.395 e. The van der Waals surface area contributed by atoms with Crippen LogP contribution in [0.5, 0.6) is 0 Å². The van der Waals surface area contributed by atoms with Crippen LogP contribution in [0.15, 0.2) is 21.3 Å². The molecule has 0 atom stereocenters. The maximum Gasteiger partial charge on any atom is 0.0661 e. The predicted octanol–water partition coefficient (Wildman–Crippen LogP) is 2.01. The number of rotatable bonds is 3. The molecule has 0 bridgehead atoms. The van der Waals surface area contributed by atoms with E-state index in [4.69, 9.17) is 5.11 Å². The topological polar surface area (TPSA) is 45.1 Å². The number of hydrogen-bond donors (Lipinski definition) is 2. The molecule has 1 aromatic rings. The maximum atomic E-state index is 8.60. The van der Waals surface area contributed by atoms with Gasteiger partial charge in [-0.2, -0.15) is 0 Å². The Morgan fingerprint density at radius 2 is 1.92 bits per heavy atom. The second-order valence-electron chi connectivity index (χ2n) is 2.13. The van der Waals surface area contributed by atoms with Crippen LogP contribution in [-0.2, 0) is 0 Å². The Morgan fingerprint density at radius 3 is 2.42 bits per heavy atom. The summed E-state index contributed by atoms with van der Waals surface area (Å²) in [7, 11) is 0. The van der Waals surface area contributed by atoms with Gasteiger partial charge < -0.3 is 10.4 Å². The lowest BCUT2D eigenvalue weighted by Gasteiger charge is -2.07. The minimum atomic E-state index is 0.112. The molecule has 12 heavy (non-hydrogen) atoms. The van der Waals surface area contributed by atoms with Crippen molar-refractivity contribution in [2.24, 2.45) is 0 Å². The molecule has 0 aromatic carbocycles. The fourth-order valence-corrected chi connectivity index (χ4v) is 1.97. The number of aliphatic hydroxyl groups is 1. The van der Waals surface area contributed by atoms with Gasteiger partial charge in [0.25, 0.3) is 0 Å². The zero-order chi connectivity index (χ0) is 8.97. The van der Waals surface area contributed by atoms with E-state index in [1.54, 1.807) is 12.4 Å². The van der Waals surface area contributed by atoms with Crippen molar-refractivity contribution in [3.05, 3.63) is 21.3 Å². The van der Waals surface area contributed by atoms with Crippen LogP contribution < -0.4 is 5.32 Å². The molecule has 0 radical (unpaired) electrons.